The van der Waals surface area contributed by atoms with E-state index in [0.717, 1.165) is 38.6 Å². The predicted octanol–water partition coefficient (Wildman–Crippen LogP) is -0.229. The number of hydrogen-bond acceptors (Lipinski definition) is 3. The first-order valence-electron chi connectivity index (χ1n) is 6.56. The second kappa shape index (κ2) is 6.00. The van der Waals surface area contributed by atoms with Crippen LogP contribution in [0.25, 0.3) is 0 Å². The molecule has 5 nitrogen and oxygen atoms in total. The van der Waals surface area contributed by atoms with Crippen molar-refractivity contribution in [1.29, 1.82) is 0 Å². The van der Waals surface area contributed by atoms with Gasteiger partial charge >= 0.3 is 0 Å². The minimum atomic E-state index is -0.0390. The largest absolute Gasteiger partial charge is 0.354 e. The molecule has 2 fully saturated rings. The van der Waals surface area contributed by atoms with E-state index < -0.39 is 0 Å². The molecule has 0 aromatic carbocycles. The predicted molar refractivity (Wildman–Crippen MR) is 64.4 cm³/mol. The third-order valence-electron chi connectivity index (χ3n) is 3.30. The Morgan fingerprint density at radius 2 is 1.71 bits per heavy atom. The third kappa shape index (κ3) is 4.00. The lowest BCUT2D eigenvalue weighted by Gasteiger charge is -2.22. The summed E-state index contributed by atoms with van der Waals surface area (Å²) in [6, 6.07) is -0.0390. The summed E-state index contributed by atoms with van der Waals surface area (Å²) in [6.45, 7) is 1.99. The number of amides is 2. The molecular formula is C12H21N3O2. The van der Waals surface area contributed by atoms with E-state index in [0.29, 0.717) is 13.1 Å². The molecule has 1 aliphatic carbocycles. The monoisotopic (exact) mass is 239 g/mol. The number of rotatable bonds is 5. The van der Waals surface area contributed by atoms with E-state index in [4.69, 9.17) is 0 Å². The molecule has 0 spiro atoms. The number of piperidine rings is 1. The van der Waals surface area contributed by atoms with Crippen molar-refractivity contribution in [2.24, 2.45) is 5.92 Å². The summed E-state index contributed by atoms with van der Waals surface area (Å²) >= 11 is 0. The number of carbonyl (C=O) groups excluding carboxylic acids is 2. The lowest BCUT2D eigenvalue weighted by molar-refractivity contribution is -0.124. The Kier molecular flexibility index (Phi) is 4.36. The van der Waals surface area contributed by atoms with Crippen LogP contribution in [0, 0.1) is 5.92 Å². The summed E-state index contributed by atoms with van der Waals surface area (Å²) in [7, 11) is 0. The Morgan fingerprint density at radius 1 is 1.00 bits per heavy atom. The first kappa shape index (κ1) is 12.4. The van der Waals surface area contributed by atoms with Crippen LogP contribution in [-0.4, -0.2) is 37.5 Å². The fraction of sp³-hybridized carbons (Fsp3) is 0.833. The highest BCUT2D eigenvalue weighted by Crippen LogP contribution is 2.28. The van der Waals surface area contributed by atoms with Gasteiger partial charge in [0.2, 0.25) is 11.8 Å². The molecular weight excluding hydrogens is 218 g/mol. The molecule has 0 bridgehead atoms. The zero-order chi connectivity index (χ0) is 12.1. The highest BCUT2D eigenvalue weighted by molar-refractivity contribution is 5.82. The van der Waals surface area contributed by atoms with Crippen LogP contribution in [0.1, 0.15) is 32.1 Å². The summed E-state index contributed by atoms with van der Waals surface area (Å²) in [6.07, 6.45) is 5.22. The molecule has 0 aromatic rings. The lowest BCUT2D eigenvalue weighted by Crippen LogP contribution is -2.48. The van der Waals surface area contributed by atoms with Crippen LogP contribution in [0.4, 0.5) is 0 Å². The van der Waals surface area contributed by atoms with Crippen molar-refractivity contribution < 1.29 is 9.59 Å². The van der Waals surface area contributed by atoms with Crippen LogP contribution in [0.3, 0.4) is 0 Å². The van der Waals surface area contributed by atoms with Crippen LogP contribution in [-0.2, 0) is 9.59 Å². The molecule has 1 saturated heterocycles. The van der Waals surface area contributed by atoms with Gasteiger partial charge in [0.25, 0.3) is 0 Å². The first-order valence-corrected chi connectivity index (χ1v) is 6.56. The molecule has 1 heterocycles. The summed E-state index contributed by atoms with van der Waals surface area (Å²) in [5.41, 5.74) is 0. The van der Waals surface area contributed by atoms with Gasteiger partial charge in [-0.3, -0.25) is 9.59 Å². The third-order valence-corrected chi connectivity index (χ3v) is 3.30. The van der Waals surface area contributed by atoms with Gasteiger partial charge in [0, 0.05) is 19.0 Å². The highest BCUT2D eigenvalue weighted by Gasteiger charge is 2.29. The van der Waals surface area contributed by atoms with Crippen LogP contribution in [0.2, 0.25) is 0 Å². The van der Waals surface area contributed by atoms with Crippen molar-refractivity contribution in [3.8, 4) is 0 Å². The standard InChI is InChI=1S/C12H21N3O2/c16-11(9-4-5-9)14-7-8-15-12(17)10-3-1-2-6-13-10/h9-10,13H,1-8H2,(H,14,16)(H,15,17)/t10-/m0/s1. The van der Waals surface area contributed by atoms with E-state index in [9.17, 15) is 9.59 Å². The molecule has 0 unspecified atom stereocenters. The molecule has 0 aromatic heterocycles. The van der Waals surface area contributed by atoms with Gasteiger partial charge in [0.15, 0.2) is 0 Å². The quantitative estimate of drug-likeness (QED) is 0.580. The molecule has 2 aliphatic rings. The van der Waals surface area contributed by atoms with Crippen LogP contribution >= 0.6 is 0 Å². The zero-order valence-corrected chi connectivity index (χ0v) is 10.1. The fourth-order valence-electron chi connectivity index (χ4n) is 2.06. The van der Waals surface area contributed by atoms with E-state index in [-0.39, 0.29) is 23.8 Å². The second-order valence-corrected chi connectivity index (χ2v) is 4.86. The topological polar surface area (TPSA) is 70.2 Å². The SMILES string of the molecule is O=C(NCCNC(=O)[C@@H]1CCCCN1)C1CC1. The maximum atomic E-state index is 11.7. The molecule has 96 valence electrons. The molecule has 2 amide bonds. The van der Waals surface area contributed by atoms with Crippen molar-refractivity contribution >= 4 is 11.8 Å². The van der Waals surface area contributed by atoms with E-state index >= 15 is 0 Å². The van der Waals surface area contributed by atoms with E-state index in [1.165, 1.54) is 0 Å². The molecule has 1 aliphatic heterocycles. The smallest absolute Gasteiger partial charge is 0.237 e. The highest BCUT2D eigenvalue weighted by atomic mass is 16.2. The van der Waals surface area contributed by atoms with Crippen LogP contribution < -0.4 is 16.0 Å². The van der Waals surface area contributed by atoms with Gasteiger partial charge in [-0.25, -0.2) is 0 Å². The molecule has 3 N–H and O–H groups in total. The van der Waals surface area contributed by atoms with Gasteiger partial charge < -0.3 is 16.0 Å². The van der Waals surface area contributed by atoms with Crippen LogP contribution in [0.5, 0.6) is 0 Å². The molecule has 17 heavy (non-hydrogen) atoms. The molecule has 0 radical (unpaired) electrons. The van der Waals surface area contributed by atoms with Gasteiger partial charge in [0.1, 0.15) is 0 Å². The maximum Gasteiger partial charge on any atom is 0.237 e. The average Bonchev–Trinajstić information content (AvgIpc) is 3.19. The minimum absolute atomic E-state index is 0.0390. The molecule has 1 saturated carbocycles. The zero-order valence-electron chi connectivity index (χ0n) is 10.1. The average molecular weight is 239 g/mol. The second-order valence-electron chi connectivity index (χ2n) is 4.86. The summed E-state index contributed by atoms with van der Waals surface area (Å²) < 4.78 is 0. The fourth-order valence-corrected chi connectivity index (χ4v) is 2.06. The Morgan fingerprint density at radius 3 is 2.29 bits per heavy atom. The Labute approximate surface area is 102 Å². The molecule has 2 rings (SSSR count). The van der Waals surface area contributed by atoms with Crippen molar-refractivity contribution in [2.45, 2.75) is 38.1 Å². The minimum Gasteiger partial charge on any atom is -0.354 e. The van der Waals surface area contributed by atoms with E-state index in [1.54, 1.807) is 0 Å². The molecule has 5 heteroatoms. The van der Waals surface area contributed by atoms with Crippen molar-refractivity contribution in [3.05, 3.63) is 0 Å². The number of nitrogens with one attached hydrogen (secondary N) is 3. The summed E-state index contributed by atoms with van der Waals surface area (Å²) in [5, 5.41) is 8.88. The van der Waals surface area contributed by atoms with E-state index in [1.807, 2.05) is 0 Å². The first-order chi connectivity index (χ1) is 8.27. The van der Waals surface area contributed by atoms with Gasteiger partial charge in [-0.05, 0) is 32.2 Å². The summed E-state index contributed by atoms with van der Waals surface area (Å²) in [4.78, 5) is 23.0. The Hall–Kier alpha value is -1.10. The van der Waals surface area contributed by atoms with Crippen molar-refractivity contribution in [2.75, 3.05) is 19.6 Å². The number of hydrogen-bond donors (Lipinski definition) is 3. The maximum absolute atomic E-state index is 11.7. The van der Waals surface area contributed by atoms with Gasteiger partial charge in [-0.1, -0.05) is 6.42 Å². The van der Waals surface area contributed by atoms with Gasteiger partial charge in [-0.2, -0.15) is 0 Å². The Bertz CT molecular complexity index is 283. The van der Waals surface area contributed by atoms with Crippen LogP contribution in [0.15, 0.2) is 0 Å². The number of carbonyl (C=O) groups is 2. The van der Waals surface area contributed by atoms with Crippen molar-refractivity contribution in [1.82, 2.24) is 16.0 Å². The normalized spacial score (nSPS) is 24.1. The van der Waals surface area contributed by atoms with Gasteiger partial charge in [0.05, 0.1) is 6.04 Å². The molecule has 1 atom stereocenters. The summed E-state index contributed by atoms with van der Waals surface area (Å²) in [5.74, 6) is 0.436. The Balaban J connectivity index is 1.54. The van der Waals surface area contributed by atoms with E-state index in [2.05, 4.69) is 16.0 Å². The lowest BCUT2D eigenvalue weighted by atomic mass is 10.0. The van der Waals surface area contributed by atoms with Gasteiger partial charge in [-0.15, -0.1) is 0 Å². The van der Waals surface area contributed by atoms with Crippen molar-refractivity contribution in [3.63, 3.8) is 0 Å².